The average Bonchev–Trinajstić information content (AvgIpc) is 3.03. The molecule has 10 heteroatoms. The van der Waals surface area contributed by atoms with Crippen LogP contribution < -0.4 is 4.72 Å². The maximum Gasteiger partial charge on any atom is 0.237 e. The molecule has 0 unspecified atom stereocenters. The highest BCUT2D eigenvalue weighted by Crippen LogP contribution is 2.26. The average molecular weight is 403 g/mol. The van der Waals surface area contributed by atoms with Gasteiger partial charge in [0, 0.05) is 23.2 Å². The van der Waals surface area contributed by atoms with E-state index >= 15 is 0 Å². The fraction of sp³-hybridized carbons (Fsp3) is 0.118. The van der Waals surface area contributed by atoms with Gasteiger partial charge in [0.05, 0.1) is 17.4 Å². The second-order valence-corrected chi connectivity index (χ2v) is 8.39. The van der Waals surface area contributed by atoms with Crippen LogP contribution in [0.1, 0.15) is 11.1 Å². The van der Waals surface area contributed by atoms with Crippen LogP contribution in [0, 0.1) is 17.1 Å². The lowest BCUT2D eigenvalue weighted by atomic mass is 10.1. The molecular weight excluding hydrogens is 389 g/mol. The van der Waals surface area contributed by atoms with E-state index < -0.39 is 21.6 Å². The molecule has 0 bridgehead atoms. The van der Waals surface area contributed by atoms with Crippen LogP contribution in [-0.2, 0) is 22.8 Å². The molecule has 0 spiro atoms. The van der Waals surface area contributed by atoms with Crippen LogP contribution in [0.4, 0.5) is 10.1 Å². The minimum atomic E-state index is -3.84. The molecular formula is C17H14FN5O2S2. The van der Waals surface area contributed by atoms with Crippen molar-refractivity contribution in [3.63, 3.8) is 0 Å². The fourth-order valence-corrected chi connectivity index (χ4v) is 4.20. The van der Waals surface area contributed by atoms with Crippen LogP contribution in [0.25, 0.3) is 0 Å². The number of anilines is 1. The normalized spacial score (nSPS) is 11.1. The molecule has 0 atom stereocenters. The molecule has 1 aromatic heterocycles. The smallest absolute Gasteiger partial charge is 0.237 e. The van der Waals surface area contributed by atoms with Gasteiger partial charge in [0.1, 0.15) is 12.1 Å². The van der Waals surface area contributed by atoms with Gasteiger partial charge in [-0.3, -0.25) is 4.72 Å². The zero-order valence-corrected chi connectivity index (χ0v) is 15.8. The number of halogens is 1. The van der Waals surface area contributed by atoms with Gasteiger partial charge in [-0.05, 0) is 54.2 Å². The first-order chi connectivity index (χ1) is 12.9. The zero-order valence-electron chi connectivity index (χ0n) is 14.1. The molecule has 1 heterocycles. The third-order valence-corrected chi connectivity index (χ3v) is 5.82. The van der Waals surface area contributed by atoms with Gasteiger partial charge in [0.25, 0.3) is 0 Å². The third kappa shape index (κ3) is 4.84. The van der Waals surface area contributed by atoms with Crippen molar-refractivity contribution in [3.8, 4) is 6.07 Å². The Morgan fingerprint density at radius 2 is 2.00 bits per heavy atom. The first kappa shape index (κ1) is 18.9. The van der Waals surface area contributed by atoms with Crippen LogP contribution in [0.2, 0.25) is 0 Å². The summed E-state index contributed by atoms with van der Waals surface area (Å²) in [5, 5.41) is 17.3. The number of nitriles is 1. The number of sulfonamides is 1. The van der Waals surface area contributed by atoms with E-state index in [4.69, 9.17) is 5.26 Å². The van der Waals surface area contributed by atoms with Crippen LogP contribution in [-0.4, -0.2) is 23.2 Å². The molecule has 1 N–H and O–H groups in total. The Balaban J connectivity index is 1.71. The fourth-order valence-electron chi connectivity index (χ4n) is 2.24. The number of aromatic nitrogens is 3. The lowest BCUT2D eigenvalue weighted by Gasteiger charge is -2.09. The van der Waals surface area contributed by atoms with E-state index in [9.17, 15) is 12.8 Å². The molecule has 138 valence electrons. The van der Waals surface area contributed by atoms with Crippen molar-refractivity contribution >= 4 is 27.5 Å². The predicted molar refractivity (Wildman–Crippen MR) is 98.9 cm³/mol. The van der Waals surface area contributed by atoms with Gasteiger partial charge < -0.3 is 4.57 Å². The molecule has 27 heavy (non-hydrogen) atoms. The number of hydrogen-bond donors (Lipinski definition) is 1. The Morgan fingerprint density at radius 3 is 2.63 bits per heavy atom. The minimum Gasteiger partial charge on any atom is -0.311 e. The number of aryl methyl sites for hydroxylation is 1. The number of benzene rings is 2. The van der Waals surface area contributed by atoms with Crippen molar-refractivity contribution in [3.05, 3.63) is 65.7 Å². The molecule has 0 fully saturated rings. The quantitative estimate of drug-likeness (QED) is 0.679. The Hall–Kier alpha value is -2.90. The SMILES string of the molecule is Cn1cnnc1Sc1ccc(NS(=O)(=O)Cc2cc(C#N)ccc2F)cc1. The molecule has 0 aliphatic carbocycles. The summed E-state index contributed by atoms with van der Waals surface area (Å²) < 4.78 is 42.6. The van der Waals surface area contributed by atoms with Crippen molar-refractivity contribution in [2.75, 3.05) is 4.72 Å². The summed E-state index contributed by atoms with van der Waals surface area (Å²) in [6.45, 7) is 0. The maximum atomic E-state index is 13.8. The summed E-state index contributed by atoms with van der Waals surface area (Å²) in [5.74, 6) is -1.24. The molecule has 0 saturated carbocycles. The minimum absolute atomic E-state index is 0.0593. The summed E-state index contributed by atoms with van der Waals surface area (Å²) in [7, 11) is -2.01. The maximum absolute atomic E-state index is 13.8. The van der Waals surface area contributed by atoms with Gasteiger partial charge in [-0.2, -0.15) is 5.26 Å². The predicted octanol–water partition coefficient (Wildman–Crippen LogP) is 2.92. The summed E-state index contributed by atoms with van der Waals surface area (Å²) in [6.07, 6.45) is 1.59. The monoisotopic (exact) mass is 403 g/mol. The standard InChI is InChI=1S/C17H14FN5O2S2/c1-23-11-20-21-17(23)26-15-5-3-14(4-6-15)22-27(24,25)10-13-8-12(9-19)2-7-16(13)18/h2-8,11,22H,10H2,1H3. The number of nitrogens with one attached hydrogen (secondary N) is 1. The molecule has 3 aromatic rings. The van der Waals surface area contributed by atoms with Gasteiger partial charge in [-0.25, -0.2) is 12.8 Å². The summed E-state index contributed by atoms with van der Waals surface area (Å²) in [5.41, 5.74) is 0.497. The molecule has 3 rings (SSSR count). The van der Waals surface area contributed by atoms with E-state index in [2.05, 4.69) is 14.9 Å². The third-order valence-electron chi connectivity index (χ3n) is 3.53. The molecule has 0 amide bonds. The van der Waals surface area contributed by atoms with E-state index in [1.165, 1.54) is 23.9 Å². The molecule has 2 aromatic carbocycles. The Labute approximate surface area is 159 Å². The van der Waals surface area contributed by atoms with E-state index in [0.29, 0.717) is 10.8 Å². The van der Waals surface area contributed by atoms with E-state index in [1.807, 2.05) is 13.1 Å². The number of hydrogen-bond acceptors (Lipinski definition) is 6. The first-order valence-electron chi connectivity index (χ1n) is 7.67. The number of nitrogens with zero attached hydrogens (tertiary/aromatic N) is 4. The van der Waals surface area contributed by atoms with Crippen LogP contribution in [0.3, 0.4) is 0 Å². The summed E-state index contributed by atoms with van der Waals surface area (Å²) >= 11 is 1.39. The van der Waals surface area contributed by atoms with E-state index in [1.54, 1.807) is 35.2 Å². The molecule has 0 saturated heterocycles. The Morgan fingerprint density at radius 1 is 1.26 bits per heavy atom. The van der Waals surface area contributed by atoms with Crippen LogP contribution in [0.15, 0.2) is 58.8 Å². The molecule has 0 aliphatic heterocycles. The Kier molecular flexibility index (Phi) is 5.43. The highest BCUT2D eigenvalue weighted by atomic mass is 32.2. The van der Waals surface area contributed by atoms with E-state index in [-0.39, 0.29) is 11.1 Å². The van der Waals surface area contributed by atoms with Gasteiger partial charge in [-0.1, -0.05) is 0 Å². The zero-order chi connectivity index (χ0) is 19.4. The molecule has 0 radical (unpaired) electrons. The van der Waals surface area contributed by atoms with Gasteiger partial charge in [0.15, 0.2) is 5.16 Å². The lowest BCUT2D eigenvalue weighted by molar-refractivity contribution is 0.591. The molecule has 0 aliphatic rings. The first-order valence-corrected chi connectivity index (χ1v) is 10.1. The van der Waals surface area contributed by atoms with Crippen LogP contribution in [0.5, 0.6) is 0 Å². The molecule has 7 nitrogen and oxygen atoms in total. The second kappa shape index (κ2) is 7.77. The van der Waals surface area contributed by atoms with Crippen molar-refractivity contribution in [1.82, 2.24) is 14.8 Å². The largest absolute Gasteiger partial charge is 0.311 e. The van der Waals surface area contributed by atoms with Gasteiger partial charge in [-0.15, -0.1) is 10.2 Å². The summed E-state index contributed by atoms with van der Waals surface area (Å²) in [4.78, 5) is 0.863. The highest BCUT2D eigenvalue weighted by molar-refractivity contribution is 7.99. The van der Waals surface area contributed by atoms with Crippen LogP contribution >= 0.6 is 11.8 Å². The number of rotatable bonds is 6. The second-order valence-electron chi connectivity index (χ2n) is 5.63. The lowest BCUT2D eigenvalue weighted by Crippen LogP contribution is -2.16. The Bertz CT molecular complexity index is 1110. The van der Waals surface area contributed by atoms with E-state index in [0.717, 1.165) is 11.0 Å². The highest BCUT2D eigenvalue weighted by Gasteiger charge is 2.16. The topological polar surface area (TPSA) is 101 Å². The van der Waals surface area contributed by atoms with Crippen molar-refractivity contribution in [1.29, 1.82) is 5.26 Å². The van der Waals surface area contributed by atoms with Crippen molar-refractivity contribution in [2.24, 2.45) is 7.05 Å². The van der Waals surface area contributed by atoms with Crippen molar-refractivity contribution in [2.45, 2.75) is 15.8 Å². The summed E-state index contributed by atoms with van der Waals surface area (Å²) in [6, 6.07) is 12.2. The van der Waals surface area contributed by atoms with Gasteiger partial charge >= 0.3 is 0 Å². The van der Waals surface area contributed by atoms with Gasteiger partial charge in [0.2, 0.25) is 10.0 Å². The van der Waals surface area contributed by atoms with Crippen molar-refractivity contribution < 1.29 is 12.8 Å².